The van der Waals surface area contributed by atoms with Crippen LogP contribution in [-0.4, -0.2) is 24.1 Å². The van der Waals surface area contributed by atoms with Crippen LogP contribution in [0.4, 0.5) is 0 Å². The standard InChI is InChI=1S/C27H52O4/c1-23(2)30-26(28)22-20-18-16-14-12-10-8-6-7-9-11-13-15-17-19-21-25(5)27(29)31-24(3)4/h23-25H,6-22H2,1-5H3. The van der Waals surface area contributed by atoms with Crippen molar-refractivity contribution in [3.05, 3.63) is 0 Å². The maximum Gasteiger partial charge on any atom is 0.308 e. The van der Waals surface area contributed by atoms with Gasteiger partial charge in [0.15, 0.2) is 0 Å². The first-order chi connectivity index (χ1) is 14.8. The molecule has 0 aliphatic heterocycles. The zero-order valence-corrected chi connectivity index (χ0v) is 21.4. The van der Waals surface area contributed by atoms with Gasteiger partial charge in [0.25, 0.3) is 0 Å². The fraction of sp³-hybridized carbons (Fsp3) is 0.926. The second-order valence-corrected chi connectivity index (χ2v) is 9.77. The van der Waals surface area contributed by atoms with E-state index in [1.807, 2.05) is 34.6 Å². The molecule has 4 nitrogen and oxygen atoms in total. The molecule has 0 saturated heterocycles. The minimum Gasteiger partial charge on any atom is -0.463 e. The van der Waals surface area contributed by atoms with Crippen LogP contribution in [-0.2, 0) is 19.1 Å². The van der Waals surface area contributed by atoms with Crippen molar-refractivity contribution in [1.82, 2.24) is 0 Å². The summed E-state index contributed by atoms with van der Waals surface area (Å²) in [5.41, 5.74) is 0. The SMILES string of the molecule is CC(C)OC(=O)CCCCCCCCCCCCCCCCCC(C)C(=O)OC(C)C. The van der Waals surface area contributed by atoms with Gasteiger partial charge >= 0.3 is 11.9 Å². The number of hydrogen-bond acceptors (Lipinski definition) is 4. The Balaban J connectivity index is 3.23. The summed E-state index contributed by atoms with van der Waals surface area (Å²) in [7, 11) is 0. The van der Waals surface area contributed by atoms with Gasteiger partial charge < -0.3 is 9.47 Å². The smallest absolute Gasteiger partial charge is 0.308 e. The lowest BCUT2D eigenvalue weighted by atomic mass is 10.0. The molecule has 0 aromatic carbocycles. The molecule has 0 saturated carbocycles. The number of rotatable bonds is 21. The van der Waals surface area contributed by atoms with E-state index >= 15 is 0 Å². The van der Waals surface area contributed by atoms with E-state index in [0.29, 0.717) is 6.42 Å². The fourth-order valence-electron chi connectivity index (χ4n) is 3.81. The molecule has 0 aromatic heterocycles. The number of esters is 2. The van der Waals surface area contributed by atoms with Crippen LogP contribution in [0, 0.1) is 5.92 Å². The molecule has 184 valence electrons. The predicted octanol–water partition coefficient (Wildman–Crippen LogP) is 8.16. The minimum atomic E-state index is -0.0479. The first-order valence-electron chi connectivity index (χ1n) is 13.2. The molecule has 0 aliphatic carbocycles. The van der Waals surface area contributed by atoms with Gasteiger partial charge in [0.2, 0.25) is 0 Å². The lowest BCUT2D eigenvalue weighted by Crippen LogP contribution is -2.18. The van der Waals surface area contributed by atoms with E-state index in [9.17, 15) is 9.59 Å². The van der Waals surface area contributed by atoms with Crippen LogP contribution >= 0.6 is 0 Å². The van der Waals surface area contributed by atoms with Crippen LogP contribution in [0.2, 0.25) is 0 Å². The van der Waals surface area contributed by atoms with Crippen molar-refractivity contribution in [2.45, 2.75) is 156 Å². The molecule has 0 aromatic rings. The summed E-state index contributed by atoms with van der Waals surface area (Å²) in [4.78, 5) is 23.2. The second kappa shape index (κ2) is 20.8. The Hall–Kier alpha value is -1.06. The Morgan fingerprint density at radius 1 is 0.516 bits per heavy atom. The fourth-order valence-corrected chi connectivity index (χ4v) is 3.81. The average Bonchev–Trinajstić information content (AvgIpc) is 2.69. The number of carbonyl (C=O) groups is 2. The van der Waals surface area contributed by atoms with E-state index in [2.05, 4.69) is 0 Å². The van der Waals surface area contributed by atoms with E-state index in [1.165, 1.54) is 77.0 Å². The Morgan fingerprint density at radius 2 is 0.871 bits per heavy atom. The van der Waals surface area contributed by atoms with Crippen molar-refractivity contribution >= 4 is 11.9 Å². The van der Waals surface area contributed by atoms with Crippen LogP contribution in [0.25, 0.3) is 0 Å². The number of ether oxygens (including phenoxy) is 2. The molecule has 4 heteroatoms. The quantitative estimate of drug-likeness (QED) is 0.133. The lowest BCUT2D eigenvalue weighted by Gasteiger charge is -2.13. The highest BCUT2D eigenvalue weighted by atomic mass is 16.5. The highest BCUT2D eigenvalue weighted by molar-refractivity contribution is 5.72. The molecule has 1 unspecified atom stereocenters. The highest BCUT2D eigenvalue weighted by Crippen LogP contribution is 2.16. The van der Waals surface area contributed by atoms with E-state index in [4.69, 9.17) is 9.47 Å². The maximum atomic E-state index is 11.8. The van der Waals surface area contributed by atoms with Crippen LogP contribution in [0.15, 0.2) is 0 Å². The summed E-state index contributed by atoms with van der Waals surface area (Å²) < 4.78 is 10.4. The van der Waals surface area contributed by atoms with Gasteiger partial charge in [-0.1, -0.05) is 96.8 Å². The van der Waals surface area contributed by atoms with E-state index < -0.39 is 0 Å². The topological polar surface area (TPSA) is 52.6 Å². The molecule has 0 N–H and O–H groups in total. The zero-order valence-electron chi connectivity index (χ0n) is 21.4. The Labute approximate surface area is 193 Å². The number of carbonyl (C=O) groups excluding carboxylic acids is 2. The summed E-state index contributed by atoms with van der Waals surface area (Å²) in [5.74, 6) is -0.0529. The van der Waals surface area contributed by atoms with E-state index in [1.54, 1.807) is 0 Å². The summed E-state index contributed by atoms with van der Waals surface area (Å²) in [6, 6.07) is 0. The molecule has 0 aliphatic rings. The van der Waals surface area contributed by atoms with Crippen molar-refractivity contribution in [3.63, 3.8) is 0 Å². The molecule has 0 heterocycles. The van der Waals surface area contributed by atoms with Crippen molar-refractivity contribution in [1.29, 1.82) is 0 Å². The van der Waals surface area contributed by atoms with Gasteiger partial charge in [-0.15, -0.1) is 0 Å². The Morgan fingerprint density at radius 3 is 1.26 bits per heavy atom. The minimum absolute atomic E-state index is 0.00630. The van der Waals surface area contributed by atoms with Crippen molar-refractivity contribution < 1.29 is 19.1 Å². The number of hydrogen-bond donors (Lipinski definition) is 0. The molecule has 0 fully saturated rings. The van der Waals surface area contributed by atoms with Crippen molar-refractivity contribution in [3.8, 4) is 0 Å². The first kappa shape index (κ1) is 29.9. The van der Waals surface area contributed by atoms with Crippen LogP contribution in [0.5, 0.6) is 0 Å². The van der Waals surface area contributed by atoms with Gasteiger partial charge in [-0.2, -0.15) is 0 Å². The van der Waals surface area contributed by atoms with E-state index in [0.717, 1.165) is 25.7 Å². The second-order valence-electron chi connectivity index (χ2n) is 9.77. The van der Waals surface area contributed by atoms with Crippen LogP contribution in [0.1, 0.15) is 144 Å². The van der Waals surface area contributed by atoms with Crippen LogP contribution < -0.4 is 0 Å². The lowest BCUT2D eigenvalue weighted by molar-refractivity contribution is -0.152. The molecular formula is C27H52O4. The molecule has 31 heavy (non-hydrogen) atoms. The third-order valence-corrected chi connectivity index (χ3v) is 5.64. The van der Waals surface area contributed by atoms with Gasteiger partial charge in [-0.05, 0) is 40.5 Å². The largest absolute Gasteiger partial charge is 0.463 e. The molecule has 0 amide bonds. The predicted molar refractivity (Wildman–Crippen MR) is 130 cm³/mol. The summed E-state index contributed by atoms with van der Waals surface area (Å²) in [6.45, 7) is 9.60. The van der Waals surface area contributed by atoms with Gasteiger partial charge in [0.1, 0.15) is 0 Å². The van der Waals surface area contributed by atoms with Crippen LogP contribution in [0.3, 0.4) is 0 Å². The number of unbranched alkanes of at least 4 members (excludes halogenated alkanes) is 14. The van der Waals surface area contributed by atoms with E-state index in [-0.39, 0.29) is 30.1 Å². The van der Waals surface area contributed by atoms with Gasteiger partial charge in [0.05, 0.1) is 18.1 Å². The van der Waals surface area contributed by atoms with Crippen molar-refractivity contribution in [2.24, 2.45) is 5.92 Å². The molecule has 0 rings (SSSR count). The summed E-state index contributed by atoms with van der Waals surface area (Å²) in [5, 5.41) is 0. The van der Waals surface area contributed by atoms with Gasteiger partial charge in [0, 0.05) is 6.42 Å². The third kappa shape index (κ3) is 21.9. The molecule has 0 spiro atoms. The Bertz CT molecular complexity index is 431. The highest BCUT2D eigenvalue weighted by Gasteiger charge is 2.14. The molecule has 1 atom stereocenters. The molecule has 0 bridgehead atoms. The van der Waals surface area contributed by atoms with Gasteiger partial charge in [-0.25, -0.2) is 0 Å². The zero-order chi connectivity index (χ0) is 23.3. The third-order valence-electron chi connectivity index (χ3n) is 5.64. The monoisotopic (exact) mass is 440 g/mol. The normalized spacial score (nSPS) is 12.4. The molecular weight excluding hydrogens is 388 g/mol. The van der Waals surface area contributed by atoms with Gasteiger partial charge in [-0.3, -0.25) is 9.59 Å². The Kier molecular flexibility index (Phi) is 20.1. The summed E-state index contributed by atoms with van der Waals surface area (Å²) >= 11 is 0. The average molecular weight is 441 g/mol. The van der Waals surface area contributed by atoms with Crippen molar-refractivity contribution in [2.75, 3.05) is 0 Å². The maximum absolute atomic E-state index is 11.8. The first-order valence-corrected chi connectivity index (χ1v) is 13.2. The summed E-state index contributed by atoms with van der Waals surface area (Å²) in [6.07, 6.45) is 20.7. The molecule has 0 radical (unpaired) electrons.